The Morgan fingerprint density at radius 2 is 0.500 bits per heavy atom. The molecule has 0 atom stereocenters. The Morgan fingerprint density at radius 1 is 0.242 bits per heavy atom. The van der Waals surface area contributed by atoms with Gasteiger partial charge in [0.25, 0.3) is 0 Å². The molecule has 0 radical (unpaired) electrons. The monoisotopic (exact) mass is 2320 g/mol. The quantitative estimate of drug-likeness (QED) is 0.0255. The van der Waals surface area contributed by atoms with E-state index in [0.717, 1.165) is 33.0 Å². The molecule has 0 aliphatic rings. The molecule has 8 nitrogen and oxygen atoms in total. The van der Waals surface area contributed by atoms with Crippen LogP contribution in [0.25, 0.3) is 0 Å². The molecule has 0 saturated carbocycles. The molecule has 0 bridgehead atoms. The van der Waals surface area contributed by atoms with Crippen LogP contribution in [0.3, 0.4) is 0 Å². The lowest BCUT2D eigenvalue weighted by Crippen LogP contribution is -2.26. The summed E-state index contributed by atoms with van der Waals surface area (Å²) in [5, 5.41) is 1.30. The summed E-state index contributed by atoms with van der Waals surface area (Å²) in [6, 6.07) is 138. The van der Waals surface area contributed by atoms with E-state index in [1.165, 1.54) is 64.8 Å². The third-order valence-electron chi connectivity index (χ3n) is 21.0. The number of rotatable bonds is 24. The fourth-order valence-corrected chi connectivity index (χ4v) is 25.5. The summed E-state index contributed by atoms with van der Waals surface area (Å²) in [5.74, 6) is -2.49. The van der Waals surface area contributed by atoms with E-state index < -0.39 is 46.1 Å². The van der Waals surface area contributed by atoms with E-state index in [-0.39, 0.29) is 55.1 Å². The minimum Gasteiger partial charge on any atom is -0.451 e. The second-order valence-electron chi connectivity index (χ2n) is 31.9. The van der Waals surface area contributed by atoms with Crippen molar-refractivity contribution in [1.82, 2.24) is 0 Å². The zero-order valence-electron chi connectivity index (χ0n) is 73.2. The van der Waals surface area contributed by atoms with Crippen LogP contribution in [0.5, 0.6) is 0 Å². The third kappa shape index (κ3) is 26.4. The van der Waals surface area contributed by atoms with Gasteiger partial charge in [-0.25, -0.2) is 23.6 Å². The molecule has 0 aliphatic heterocycles. The highest BCUT2D eigenvalue weighted by atomic mass is 127. The first-order valence-electron chi connectivity index (χ1n) is 41.9. The first-order chi connectivity index (χ1) is 63.4. The molecule has 0 aromatic heterocycles. The van der Waals surface area contributed by atoms with Crippen LogP contribution >= 0.6 is 125 Å². The Bertz CT molecular complexity index is 6190. The van der Waals surface area contributed by atoms with E-state index in [4.69, 9.17) is 53.8 Å². The summed E-state index contributed by atoms with van der Waals surface area (Å²) >= 11 is 27.0. The predicted octanol–water partition coefficient (Wildman–Crippen LogP) is 32.0. The molecule has 0 N–H and O–H groups in total. The van der Waals surface area contributed by atoms with E-state index >= 15 is 0 Å². The smallest absolute Gasteiger partial charge is 0.343 e. The maximum atomic E-state index is 14.2. The number of hydrogen-bond donors (Lipinski definition) is 0. The van der Waals surface area contributed by atoms with Gasteiger partial charge in [0.05, 0.1) is 70.3 Å². The van der Waals surface area contributed by atoms with Crippen LogP contribution in [0.1, 0.15) is 119 Å². The second-order valence-corrected chi connectivity index (χ2v) is 46.1. The fourth-order valence-electron chi connectivity index (χ4n) is 14.1. The number of hydrogen-bond acceptors (Lipinski definition) is 8. The van der Waals surface area contributed by atoms with Crippen molar-refractivity contribution in [3.8, 4) is 0 Å². The van der Waals surface area contributed by atoms with Crippen LogP contribution in [0.15, 0.2) is 471 Å². The van der Waals surface area contributed by atoms with E-state index in [1.54, 1.807) is 48.5 Å². The summed E-state index contributed by atoms with van der Waals surface area (Å²) in [5.41, 5.74) is 1.49. The standard InChI is InChI=1S/3C28H23ClIO2S.C28H23FIO2S/c1-28(2,32-27(31)25-19-21(30)15-18-26(25)29)20-13-16-24(17-14-20)33(22-9-5-3-6-10-22)23-11-7-4-8-12-23;1-28(2,32-27(31)25-19-21(29)15-18-26(25)30)20-13-16-24(17-14-20)33(22-9-5-3-6-10-22)23-11-7-4-8-12-23;1-28(2,32-27(31)25-18-15-21(30)19-26(25)29)20-13-16-24(17-14-20)33(22-9-5-3-6-10-22)23-11-7-4-8-12-23;1-28(2,32-27(31)26-24(29)14-9-15-25(26)30)20-16-18-23(19-17-20)33(21-10-5-3-6-11-21)22-12-7-4-8-13-22/h4*3-19H,1-2H3/q4*+1. The van der Waals surface area contributed by atoms with Crippen LogP contribution in [0, 0.1) is 20.1 Å². The van der Waals surface area contributed by atoms with Gasteiger partial charge in [0.1, 0.15) is 33.8 Å². The van der Waals surface area contributed by atoms with E-state index in [0.29, 0.717) is 35.3 Å². The number of halogens is 8. The highest BCUT2D eigenvalue weighted by molar-refractivity contribution is 14.1. The topological polar surface area (TPSA) is 105 Å². The molecule has 0 aliphatic carbocycles. The molecule has 0 amide bonds. The number of benzene rings is 16. The van der Waals surface area contributed by atoms with Gasteiger partial charge in [-0.15, -0.1) is 0 Å². The summed E-state index contributed by atoms with van der Waals surface area (Å²) in [6.45, 7) is 15.1. The van der Waals surface area contributed by atoms with Gasteiger partial charge in [-0.2, -0.15) is 0 Å². The lowest BCUT2D eigenvalue weighted by molar-refractivity contribution is -0.00471. The Kier molecular flexibility index (Phi) is 35.3. The molecule has 16 rings (SSSR count). The number of esters is 4. The van der Waals surface area contributed by atoms with Crippen LogP contribution in [0.2, 0.25) is 15.1 Å². The van der Waals surface area contributed by atoms with Crippen LogP contribution in [0.4, 0.5) is 4.39 Å². The van der Waals surface area contributed by atoms with E-state index in [1.807, 2.05) is 181 Å². The van der Waals surface area contributed by atoms with Crippen molar-refractivity contribution in [2.45, 2.75) is 137 Å². The Labute approximate surface area is 854 Å². The average Bonchev–Trinajstić information content (AvgIpc) is 0.802. The molecule has 16 aromatic carbocycles. The Morgan fingerprint density at radius 3 is 0.788 bits per heavy atom. The van der Waals surface area contributed by atoms with Gasteiger partial charge >= 0.3 is 23.9 Å². The highest BCUT2D eigenvalue weighted by Gasteiger charge is 2.38. The van der Waals surface area contributed by atoms with Gasteiger partial charge in [-0.3, -0.25) is 0 Å². The average molecular weight is 2330 g/mol. The van der Waals surface area contributed by atoms with Crippen molar-refractivity contribution in [3.05, 3.63) is 492 Å². The zero-order valence-corrected chi connectivity index (χ0v) is 87.3. The predicted molar refractivity (Wildman–Crippen MR) is 571 cm³/mol. The summed E-state index contributed by atoms with van der Waals surface area (Å²) in [6.07, 6.45) is 0. The first-order valence-corrected chi connectivity index (χ1v) is 52.3. The normalized spacial score (nSPS) is 11.4. The molecule has 20 heteroatoms. The molecule has 664 valence electrons. The van der Waals surface area contributed by atoms with Crippen molar-refractivity contribution in [2.75, 3.05) is 0 Å². The molecule has 132 heavy (non-hydrogen) atoms. The molecule has 0 unspecified atom stereocenters. The molecule has 0 spiro atoms. The van der Waals surface area contributed by atoms with Crippen LogP contribution in [-0.2, 0) is 84.9 Å². The summed E-state index contributed by atoms with van der Waals surface area (Å²) in [4.78, 5) is 66.1. The SMILES string of the molecule is CC(C)(OC(=O)c1c(F)cccc1I)c1ccc([S+](c2ccccc2)c2ccccc2)cc1.CC(C)(OC(=O)c1cc(Cl)ccc1I)c1ccc([S+](c2ccccc2)c2ccccc2)cc1.CC(C)(OC(=O)c1cc(I)ccc1Cl)c1ccc([S+](c2ccccc2)c2ccccc2)cc1.CC(C)(OC(=O)c1ccc(I)cc1Cl)c1ccc([S+](c2ccccc2)c2ccccc2)cc1. The summed E-state index contributed by atoms with van der Waals surface area (Å²) < 4.78 is 40.9. The first kappa shape index (κ1) is 100.0. The fraction of sp³-hybridized carbons (Fsp3) is 0.107. The van der Waals surface area contributed by atoms with Gasteiger partial charge in [-0.1, -0.05) is 235 Å². The second kappa shape index (κ2) is 46.6. The Hall–Kier alpha value is -9.48. The largest absolute Gasteiger partial charge is 0.451 e. The van der Waals surface area contributed by atoms with Gasteiger partial charge in [-0.05, 0) is 380 Å². The van der Waals surface area contributed by atoms with Gasteiger partial charge in [0, 0.05) is 19.3 Å². The number of ether oxygens (including phenoxy) is 4. The molecule has 0 saturated heterocycles. The van der Waals surface area contributed by atoms with Crippen molar-refractivity contribution < 1.29 is 42.5 Å². The van der Waals surface area contributed by atoms with E-state index in [2.05, 4.69) is 323 Å². The lowest BCUT2D eigenvalue weighted by atomic mass is 9.98. The van der Waals surface area contributed by atoms with Crippen molar-refractivity contribution in [1.29, 1.82) is 0 Å². The molecule has 16 aromatic rings. The molecule has 0 heterocycles. The van der Waals surface area contributed by atoms with Crippen LogP contribution in [-0.4, -0.2) is 23.9 Å². The highest BCUT2D eigenvalue weighted by Crippen LogP contribution is 2.41. The third-order valence-corrected chi connectivity index (χ3v) is 34.0. The van der Waals surface area contributed by atoms with Crippen molar-refractivity contribution in [3.63, 3.8) is 0 Å². The van der Waals surface area contributed by atoms with E-state index in [9.17, 15) is 23.6 Å². The number of carbonyl (C=O) groups excluding carboxylic acids is 4. The van der Waals surface area contributed by atoms with Gasteiger partial charge < -0.3 is 18.9 Å². The minimum absolute atomic E-state index is 0.0301. The maximum absolute atomic E-state index is 14.2. The Balaban J connectivity index is 0.000000150. The maximum Gasteiger partial charge on any atom is 0.343 e. The summed E-state index contributed by atoms with van der Waals surface area (Å²) in [7, 11) is -0.917. The lowest BCUT2D eigenvalue weighted by Gasteiger charge is -2.26. The van der Waals surface area contributed by atoms with Gasteiger partial charge in [0.2, 0.25) is 0 Å². The van der Waals surface area contributed by atoms with Crippen LogP contribution < -0.4 is 0 Å². The van der Waals surface area contributed by atoms with Crippen molar-refractivity contribution in [2.24, 2.45) is 0 Å². The minimum atomic E-state index is -0.918. The van der Waals surface area contributed by atoms with Crippen molar-refractivity contribution >= 4 is 193 Å². The molecule has 0 fully saturated rings. The van der Waals surface area contributed by atoms with Gasteiger partial charge in [0.15, 0.2) is 58.7 Å². The number of carbonyl (C=O) groups is 4. The zero-order chi connectivity index (χ0) is 93.7. The molecular weight excluding hydrogens is 2230 g/mol. The molecular formula is C112H92Cl3FI4O8S4+4.